The van der Waals surface area contributed by atoms with E-state index < -0.39 is 154 Å². The van der Waals surface area contributed by atoms with Gasteiger partial charge in [-0.15, -0.1) is 0 Å². The van der Waals surface area contributed by atoms with Crippen LogP contribution in [0.25, 0.3) is 22.3 Å². The Balaban J connectivity index is 0.936. The van der Waals surface area contributed by atoms with Gasteiger partial charge in [0.2, 0.25) is 11.7 Å². The van der Waals surface area contributed by atoms with E-state index in [4.69, 9.17) is 48.7 Å². The molecule has 8 heterocycles. The summed E-state index contributed by atoms with van der Waals surface area (Å²) in [6.45, 7) is -3.59. The summed E-state index contributed by atoms with van der Waals surface area (Å²) >= 11 is 0. The van der Waals surface area contributed by atoms with Gasteiger partial charge < -0.3 is 79.5 Å². The van der Waals surface area contributed by atoms with Gasteiger partial charge >= 0.3 is 49.8 Å². The first-order chi connectivity index (χ1) is 36.0. The van der Waals surface area contributed by atoms with E-state index in [1.807, 2.05) is 4.98 Å². The third kappa shape index (κ3) is 12.5. The summed E-state index contributed by atoms with van der Waals surface area (Å²) in [7, 11) is -25.1. The van der Waals surface area contributed by atoms with Gasteiger partial charge in [-0.05, 0) is 0 Å². The number of imidazole rings is 2. The number of phosphoric ester groups is 2. The Hall–Kier alpha value is -4.39. The number of aryl methyl sites for hydroxylation is 1. The highest BCUT2D eigenvalue weighted by Crippen LogP contribution is 2.70. The molecule has 0 amide bonds. The van der Waals surface area contributed by atoms with Crippen molar-refractivity contribution in [1.29, 1.82) is 0 Å². The number of aromatic nitrogens is 10. The molecule has 77 heavy (non-hydrogen) atoms. The van der Waals surface area contributed by atoms with Crippen molar-refractivity contribution in [2.75, 3.05) is 58.0 Å². The number of ether oxygens (including phenoxy) is 5. The summed E-state index contributed by atoms with van der Waals surface area (Å²) in [4.78, 5) is 111. The number of H-pyrrole nitrogens is 2. The molecule has 43 heteroatoms. The molecule has 0 saturated carbocycles. The van der Waals surface area contributed by atoms with Crippen molar-refractivity contribution >= 4 is 72.5 Å². The van der Waals surface area contributed by atoms with Gasteiger partial charge in [-0.3, -0.25) is 56.0 Å². The molecule has 14 N–H and O–H groups in total. The fourth-order valence-corrected chi connectivity index (χ4v) is 17.3. The molecule has 6 unspecified atom stereocenters. The van der Waals surface area contributed by atoms with Crippen LogP contribution in [0.4, 0.5) is 11.8 Å². The minimum absolute atomic E-state index is 0.0162. The molecule has 0 aromatic carbocycles. The van der Waals surface area contributed by atoms with Gasteiger partial charge in [0.25, 0.3) is 17.1 Å². The number of nitrogens with one attached hydrogen (secondary N) is 2. The lowest BCUT2D eigenvalue weighted by Gasteiger charge is -2.28. The molecule has 0 bridgehead atoms. The first-order valence-electron chi connectivity index (χ1n) is 22.0. The summed E-state index contributed by atoms with van der Waals surface area (Å²) in [6, 6.07) is 0.915. The molecule has 8 rings (SSSR count). The zero-order valence-corrected chi connectivity index (χ0v) is 44.2. The van der Waals surface area contributed by atoms with Crippen LogP contribution in [0, 0.1) is 5.92 Å². The third-order valence-electron chi connectivity index (χ3n) is 12.1. The van der Waals surface area contributed by atoms with Gasteiger partial charge in [0.1, 0.15) is 54.1 Å². The van der Waals surface area contributed by atoms with Gasteiger partial charge in [-0.2, -0.15) is 0 Å². The summed E-state index contributed by atoms with van der Waals surface area (Å²) < 4.78 is 123. The molecule has 38 nitrogen and oxygen atoms in total. The highest BCUT2D eigenvalue weighted by molar-refractivity contribution is 7.76. The number of methoxy groups -OCH3 is 2. The maximum atomic E-state index is 14.3. The number of rotatable bonds is 22. The van der Waals surface area contributed by atoms with Crippen LogP contribution in [0.1, 0.15) is 18.7 Å². The Morgan fingerprint density at radius 3 is 2.04 bits per heavy atom. The molecular formula is C34H50N12O26P5+. The molecule has 0 spiro atoms. The van der Waals surface area contributed by atoms with Crippen LogP contribution in [0.3, 0.4) is 0 Å². The molecular weight excluding hydrogens is 1150 g/mol. The standard InChI is InChI=1S/C34H49N12O26P5/c1-43-12-46(28-20(43)29(51)42-33(36)41-28)30-21(48)14(6-63-2)15(68-30)7-66-76(59,60)71-73(53,54)13-74(55,56)72-77(61,62)67-9-17-25(24(64-3)32(70-17)45-11-39-19-26(35)37-10-38-27(19)45)75(57,58)65-8-16-22(49)23(50)31(69-16)44-5-4-18(47)40-34(44)52/h4-5,10-12,14-17,21-25,30-32,48-50H,6-9,13H2,1-3H3,(H10-,35,36,37,38,40,41,42,47,51,52,53,54,55,56,57,58,59,60,61,62)/p+1/t14-,15-,16-,17?,21-,22-,23-,24-,25-,30-,31-,32-/m1/s1. The Kier molecular flexibility index (Phi) is 17.0. The van der Waals surface area contributed by atoms with Gasteiger partial charge in [-0.1, -0.05) is 4.98 Å². The maximum Gasteiger partial charge on any atom is 0.479 e. The quantitative estimate of drug-likeness (QED) is 0.0235. The highest BCUT2D eigenvalue weighted by atomic mass is 31.3. The number of anilines is 2. The lowest BCUT2D eigenvalue weighted by atomic mass is 9.99. The molecule has 5 aromatic rings. The van der Waals surface area contributed by atoms with E-state index in [1.54, 1.807) is 0 Å². The van der Waals surface area contributed by atoms with Crippen molar-refractivity contribution in [1.82, 2.24) is 43.6 Å². The average molecular weight is 1200 g/mol. The fraction of sp³-hybridized carbons (Fsp3) is 0.588. The van der Waals surface area contributed by atoms with Crippen molar-refractivity contribution < 1.29 is 113 Å². The molecule has 0 radical (unpaired) electrons. The van der Waals surface area contributed by atoms with Gasteiger partial charge in [-0.25, -0.2) is 42.1 Å². The van der Waals surface area contributed by atoms with Crippen molar-refractivity contribution in [3.8, 4) is 0 Å². The van der Waals surface area contributed by atoms with E-state index in [9.17, 15) is 77.0 Å². The molecule has 426 valence electrons. The number of aliphatic hydroxyl groups excluding tert-OH is 3. The highest BCUT2D eigenvalue weighted by Gasteiger charge is 2.58. The van der Waals surface area contributed by atoms with E-state index in [2.05, 4.69) is 33.5 Å². The molecule has 0 aliphatic carbocycles. The molecule has 3 saturated heterocycles. The second-order valence-electron chi connectivity index (χ2n) is 17.3. The van der Waals surface area contributed by atoms with Crippen LogP contribution in [0.2, 0.25) is 0 Å². The van der Waals surface area contributed by atoms with E-state index in [-0.39, 0.29) is 40.7 Å². The van der Waals surface area contributed by atoms with Crippen LogP contribution < -0.4 is 32.8 Å². The number of phosphoric acid groups is 2. The molecule has 3 aliphatic heterocycles. The zero-order valence-electron chi connectivity index (χ0n) is 39.7. The number of nitrogen functional groups attached to an aromatic ring is 2. The largest absolute Gasteiger partial charge is 0.479 e. The zero-order chi connectivity index (χ0) is 56.3. The number of nitrogens with zero attached hydrogens (tertiary/aromatic N) is 8. The molecule has 5 aromatic heterocycles. The summed E-state index contributed by atoms with van der Waals surface area (Å²) in [6.07, 6.45) is -11.9. The average Bonchev–Trinajstić information content (AvgIpc) is 4.13. The Morgan fingerprint density at radius 1 is 0.766 bits per heavy atom. The summed E-state index contributed by atoms with van der Waals surface area (Å²) in [5.41, 5.74) is 7.13. The first kappa shape index (κ1) is 58.8. The SMILES string of the molecule is COC[C@H]1[C@@H](O)[C@H]([n+]2cn(C)c3c(=O)[nH]c(N)nc32)O[C@@H]1COP(=O)(O)OP(=O)(O)CP(=O)(O)OP(=O)(O)OCC1O[C@@H](n2cnc3c(N)ncnc32)[C@H](OC)[C@@H]1P(=O)(O)OC[C@H]1O[C@@H](n2ccc(=O)[nH]c2=O)[C@H](O)[C@@H]1O. The summed E-state index contributed by atoms with van der Waals surface area (Å²) in [5, 5.41) is 32.7. The van der Waals surface area contributed by atoms with Crippen LogP contribution in [0.15, 0.2) is 45.6 Å². The van der Waals surface area contributed by atoms with E-state index in [1.165, 1.54) is 29.6 Å². The summed E-state index contributed by atoms with van der Waals surface area (Å²) in [5.74, 6) is -3.62. The Labute approximate surface area is 428 Å². The molecule has 3 aliphatic rings. The van der Waals surface area contributed by atoms with Crippen molar-refractivity contribution in [2.45, 2.75) is 67.1 Å². The van der Waals surface area contributed by atoms with E-state index >= 15 is 0 Å². The number of nitrogens with two attached hydrogens (primary N) is 2. The third-order valence-corrected chi connectivity index (χ3v) is 21.5. The minimum Gasteiger partial charge on any atom is -0.387 e. The second kappa shape index (κ2) is 22.3. The van der Waals surface area contributed by atoms with Crippen molar-refractivity contribution in [2.24, 2.45) is 13.0 Å². The maximum absolute atomic E-state index is 14.3. The minimum atomic E-state index is -5.99. The number of fused-ring (bicyclic) bond motifs is 2. The van der Waals surface area contributed by atoms with E-state index in [0.29, 0.717) is 0 Å². The van der Waals surface area contributed by atoms with Crippen molar-refractivity contribution in [3.05, 3.63) is 62.4 Å². The van der Waals surface area contributed by atoms with Gasteiger partial charge in [0.15, 0.2) is 36.2 Å². The van der Waals surface area contributed by atoms with Crippen LogP contribution in [-0.4, -0.2) is 178 Å². The van der Waals surface area contributed by atoms with Crippen LogP contribution in [-0.2, 0) is 75.7 Å². The predicted molar refractivity (Wildman–Crippen MR) is 251 cm³/mol. The lowest BCUT2D eigenvalue weighted by Crippen LogP contribution is -2.45. The first-order valence-corrected chi connectivity index (χ1v) is 30.1. The van der Waals surface area contributed by atoms with Crippen LogP contribution >= 0.6 is 38.4 Å². The molecule has 3 fully saturated rings. The normalized spacial score (nSPS) is 30.7. The lowest BCUT2D eigenvalue weighted by molar-refractivity contribution is -0.745. The monoisotopic (exact) mass is 1200 g/mol. The van der Waals surface area contributed by atoms with Gasteiger partial charge in [0.05, 0.1) is 45.9 Å². The number of aliphatic hydroxyl groups is 3. The second-order valence-corrected chi connectivity index (χ2v) is 26.7. The Morgan fingerprint density at radius 2 is 1.40 bits per heavy atom. The van der Waals surface area contributed by atoms with Gasteiger partial charge in [0, 0.05) is 32.4 Å². The van der Waals surface area contributed by atoms with Crippen molar-refractivity contribution in [3.63, 3.8) is 0 Å². The van der Waals surface area contributed by atoms with Crippen LogP contribution in [0.5, 0.6) is 0 Å². The topological polar surface area (TPSA) is 545 Å². The van der Waals surface area contributed by atoms with E-state index in [0.717, 1.165) is 41.2 Å². The number of hydrogen-bond acceptors (Lipinski definition) is 27. The smallest absolute Gasteiger partial charge is 0.387 e. The predicted octanol–water partition coefficient (Wildman–Crippen LogP) is -3.68. The fourth-order valence-electron chi connectivity index (χ4n) is 8.80. The molecule has 17 atom stereocenters. The number of hydrogen-bond donors (Lipinski definition) is 12. The number of aromatic amines is 2. The Bertz CT molecular complexity index is 3450.